The highest BCUT2D eigenvalue weighted by molar-refractivity contribution is 5.49. The van der Waals surface area contributed by atoms with Crippen LogP contribution in [0.25, 0.3) is 11.5 Å². The molecule has 0 bridgehead atoms. The molecular formula is C13H16N2O2. The predicted octanol–water partition coefficient (Wildman–Crippen LogP) is 1.94. The van der Waals surface area contributed by atoms with Crippen LogP contribution in [-0.2, 0) is 6.54 Å². The molecule has 1 aliphatic rings. The molecule has 1 aliphatic heterocycles. The van der Waals surface area contributed by atoms with E-state index < -0.39 is 0 Å². The third-order valence-corrected chi connectivity index (χ3v) is 3.01. The van der Waals surface area contributed by atoms with Gasteiger partial charge in [-0.25, -0.2) is 0 Å². The van der Waals surface area contributed by atoms with Crippen LogP contribution in [0.2, 0.25) is 0 Å². The average molecular weight is 232 g/mol. The summed E-state index contributed by atoms with van der Waals surface area (Å²) in [5, 5.41) is 3.34. The van der Waals surface area contributed by atoms with E-state index in [0.717, 1.165) is 50.0 Å². The van der Waals surface area contributed by atoms with Gasteiger partial charge in [0.15, 0.2) is 11.5 Å². The lowest BCUT2D eigenvalue weighted by Crippen LogP contribution is -2.42. The highest BCUT2D eigenvalue weighted by atomic mass is 16.4. The molecule has 0 amide bonds. The highest BCUT2D eigenvalue weighted by Gasteiger charge is 2.13. The molecule has 0 atom stereocenters. The fourth-order valence-electron chi connectivity index (χ4n) is 2.10. The van der Waals surface area contributed by atoms with Crippen molar-refractivity contribution in [3.05, 3.63) is 36.3 Å². The van der Waals surface area contributed by atoms with Crippen molar-refractivity contribution in [1.82, 2.24) is 10.2 Å². The van der Waals surface area contributed by atoms with Crippen molar-refractivity contribution in [3.8, 4) is 11.5 Å². The molecule has 1 fully saturated rings. The standard InChI is InChI=1S/C13H16N2O2/c1-2-12(16-9-1)13-4-3-11(17-13)10-15-7-5-14-6-8-15/h1-4,9,14H,5-8,10H2. The largest absolute Gasteiger partial charge is 0.461 e. The van der Waals surface area contributed by atoms with Crippen LogP contribution in [0.15, 0.2) is 39.4 Å². The summed E-state index contributed by atoms with van der Waals surface area (Å²) in [6.07, 6.45) is 1.66. The lowest BCUT2D eigenvalue weighted by atomic mass is 10.3. The summed E-state index contributed by atoms with van der Waals surface area (Å²) >= 11 is 0. The molecule has 1 N–H and O–H groups in total. The summed E-state index contributed by atoms with van der Waals surface area (Å²) in [7, 11) is 0. The van der Waals surface area contributed by atoms with Crippen LogP contribution in [0.5, 0.6) is 0 Å². The summed E-state index contributed by atoms with van der Waals surface area (Å²) in [6, 6.07) is 7.78. The van der Waals surface area contributed by atoms with Gasteiger partial charge in [-0.1, -0.05) is 0 Å². The van der Waals surface area contributed by atoms with Gasteiger partial charge in [-0.3, -0.25) is 4.90 Å². The van der Waals surface area contributed by atoms with Crippen molar-refractivity contribution in [2.24, 2.45) is 0 Å². The average Bonchev–Trinajstić information content (AvgIpc) is 3.00. The van der Waals surface area contributed by atoms with Crippen molar-refractivity contribution >= 4 is 0 Å². The first kappa shape index (κ1) is 10.6. The molecule has 0 spiro atoms. The third kappa shape index (κ3) is 2.43. The minimum Gasteiger partial charge on any atom is -0.461 e. The first-order chi connectivity index (χ1) is 8.42. The molecule has 0 radical (unpaired) electrons. The third-order valence-electron chi connectivity index (χ3n) is 3.01. The van der Waals surface area contributed by atoms with Crippen LogP contribution in [0, 0.1) is 0 Å². The summed E-state index contributed by atoms with van der Waals surface area (Å²) in [4.78, 5) is 2.39. The maximum Gasteiger partial charge on any atom is 0.169 e. The lowest BCUT2D eigenvalue weighted by molar-refractivity contribution is 0.217. The van der Waals surface area contributed by atoms with Gasteiger partial charge >= 0.3 is 0 Å². The zero-order valence-electron chi connectivity index (χ0n) is 9.69. The van der Waals surface area contributed by atoms with Gasteiger partial charge in [0.1, 0.15) is 5.76 Å². The van der Waals surface area contributed by atoms with E-state index in [1.807, 2.05) is 24.3 Å². The minimum absolute atomic E-state index is 0.788. The van der Waals surface area contributed by atoms with Crippen LogP contribution in [0.4, 0.5) is 0 Å². The van der Waals surface area contributed by atoms with E-state index in [1.54, 1.807) is 6.26 Å². The molecule has 3 heterocycles. The fourth-order valence-corrected chi connectivity index (χ4v) is 2.10. The normalized spacial score (nSPS) is 17.4. The second-order valence-electron chi connectivity index (χ2n) is 4.27. The van der Waals surface area contributed by atoms with Crippen molar-refractivity contribution in [3.63, 3.8) is 0 Å². The molecule has 17 heavy (non-hydrogen) atoms. The number of nitrogens with zero attached hydrogens (tertiary/aromatic N) is 1. The van der Waals surface area contributed by atoms with Crippen molar-refractivity contribution in [1.29, 1.82) is 0 Å². The molecule has 0 saturated carbocycles. The Labute approximate surface area is 100 Å². The first-order valence-corrected chi connectivity index (χ1v) is 5.97. The number of rotatable bonds is 3. The molecule has 2 aromatic heterocycles. The van der Waals surface area contributed by atoms with Crippen LogP contribution in [0.3, 0.4) is 0 Å². The molecule has 1 saturated heterocycles. The zero-order valence-corrected chi connectivity index (χ0v) is 9.69. The SMILES string of the molecule is c1coc(-c2ccc(CN3CCNCC3)o2)c1. The number of furan rings is 2. The number of piperazine rings is 1. The second-order valence-corrected chi connectivity index (χ2v) is 4.27. The smallest absolute Gasteiger partial charge is 0.169 e. The molecular weight excluding hydrogens is 216 g/mol. The van der Waals surface area contributed by atoms with Gasteiger partial charge in [-0.15, -0.1) is 0 Å². The molecule has 2 aromatic rings. The van der Waals surface area contributed by atoms with E-state index in [9.17, 15) is 0 Å². The molecule has 0 aromatic carbocycles. The lowest BCUT2D eigenvalue weighted by Gasteiger charge is -2.26. The van der Waals surface area contributed by atoms with Crippen molar-refractivity contribution in [2.75, 3.05) is 26.2 Å². The first-order valence-electron chi connectivity index (χ1n) is 5.97. The minimum atomic E-state index is 0.788. The van der Waals surface area contributed by atoms with E-state index in [-0.39, 0.29) is 0 Å². The van der Waals surface area contributed by atoms with Gasteiger partial charge in [0.2, 0.25) is 0 Å². The Bertz CT molecular complexity index is 455. The van der Waals surface area contributed by atoms with Crippen molar-refractivity contribution in [2.45, 2.75) is 6.54 Å². The van der Waals surface area contributed by atoms with Gasteiger partial charge in [-0.2, -0.15) is 0 Å². The Morgan fingerprint density at radius 3 is 2.76 bits per heavy atom. The van der Waals surface area contributed by atoms with Gasteiger partial charge in [-0.05, 0) is 24.3 Å². The Morgan fingerprint density at radius 1 is 1.12 bits per heavy atom. The highest BCUT2D eigenvalue weighted by Crippen LogP contribution is 2.23. The van der Waals surface area contributed by atoms with Gasteiger partial charge in [0.05, 0.1) is 12.8 Å². The molecule has 4 nitrogen and oxygen atoms in total. The Hall–Kier alpha value is -1.52. The van der Waals surface area contributed by atoms with Gasteiger partial charge in [0, 0.05) is 26.2 Å². The topological polar surface area (TPSA) is 41.6 Å². The monoisotopic (exact) mass is 232 g/mol. The molecule has 3 rings (SSSR count). The van der Waals surface area contributed by atoms with Crippen LogP contribution in [0.1, 0.15) is 5.76 Å². The zero-order chi connectivity index (χ0) is 11.5. The maximum atomic E-state index is 5.77. The summed E-state index contributed by atoms with van der Waals surface area (Å²) < 4.78 is 11.1. The number of hydrogen-bond donors (Lipinski definition) is 1. The maximum absolute atomic E-state index is 5.77. The quantitative estimate of drug-likeness (QED) is 0.878. The summed E-state index contributed by atoms with van der Waals surface area (Å²) in [6.45, 7) is 5.16. The molecule has 90 valence electrons. The van der Waals surface area contributed by atoms with E-state index in [2.05, 4.69) is 10.2 Å². The summed E-state index contributed by atoms with van der Waals surface area (Å²) in [5.74, 6) is 2.59. The summed E-state index contributed by atoms with van der Waals surface area (Å²) in [5.41, 5.74) is 0. The molecule has 4 heteroatoms. The van der Waals surface area contributed by atoms with Gasteiger partial charge in [0.25, 0.3) is 0 Å². The Balaban J connectivity index is 1.68. The van der Waals surface area contributed by atoms with Crippen molar-refractivity contribution < 1.29 is 8.83 Å². The Kier molecular flexibility index (Phi) is 2.98. The second kappa shape index (κ2) is 4.77. The predicted molar refractivity (Wildman–Crippen MR) is 64.6 cm³/mol. The van der Waals surface area contributed by atoms with E-state index >= 15 is 0 Å². The van der Waals surface area contributed by atoms with E-state index in [1.165, 1.54) is 0 Å². The molecule has 0 unspecified atom stereocenters. The fraction of sp³-hybridized carbons (Fsp3) is 0.385. The van der Waals surface area contributed by atoms with Crippen LogP contribution >= 0.6 is 0 Å². The van der Waals surface area contributed by atoms with Crippen LogP contribution in [-0.4, -0.2) is 31.1 Å². The Morgan fingerprint density at radius 2 is 2.00 bits per heavy atom. The number of nitrogens with one attached hydrogen (secondary N) is 1. The molecule has 0 aliphatic carbocycles. The van der Waals surface area contributed by atoms with Crippen LogP contribution < -0.4 is 5.32 Å². The van der Waals surface area contributed by atoms with E-state index in [0.29, 0.717) is 0 Å². The van der Waals surface area contributed by atoms with Gasteiger partial charge < -0.3 is 14.2 Å². The number of hydrogen-bond acceptors (Lipinski definition) is 4. The van der Waals surface area contributed by atoms with E-state index in [4.69, 9.17) is 8.83 Å².